The minimum absolute atomic E-state index is 0.144. The smallest absolute Gasteiger partial charge is 0.313 e. The topological polar surface area (TPSA) is 68.0 Å². The van der Waals surface area contributed by atoms with Crippen LogP contribution >= 0.6 is 23.2 Å². The first-order valence-corrected chi connectivity index (χ1v) is 7.04. The molecular weight excluding hydrogens is 325 g/mol. The van der Waals surface area contributed by atoms with Gasteiger partial charge < -0.3 is 9.73 Å². The van der Waals surface area contributed by atoms with Crippen LogP contribution < -0.4 is 5.32 Å². The minimum atomic E-state index is -0.534. The molecule has 1 aromatic heterocycles. The zero-order valence-corrected chi connectivity index (χ0v) is 12.6. The molecule has 0 atom stereocenters. The van der Waals surface area contributed by atoms with Crippen LogP contribution in [0.15, 0.2) is 52.9 Å². The number of rotatable bonds is 3. The fourth-order valence-electron chi connectivity index (χ4n) is 1.82. The lowest BCUT2D eigenvalue weighted by atomic mass is 10.2. The molecule has 3 aromatic rings. The highest BCUT2D eigenvalue weighted by Crippen LogP contribution is 2.23. The second kappa shape index (κ2) is 6.17. The molecule has 0 aliphatic carbocycles. The molecule has 0 aliphatic rings. The van der Waals surface area contributed by atoms with E-state index in [2.05, 4.69) is 15.5 Å². The minimum Gasteiger partial charge on any atom is -0.412 e. The zero-order valence-electron chi connectivity index (χ0n) is 11.1. The Morgan fingerprint density at radius 1 is 1.00 bits per heavy atom. The van der Waals surface area contributed by atoms with Gasteiger partial charge in [-0.1, -0.05) is 41.4 Å². The predicted molar refractivity (Wildman–Crippen MR) is 84.1 cm³/mol. The Balaban J connectivity index is 1.80. The maximum atomic E-state index is 12.1. The van der Waals surface area contributed by atoms with E-state index in [1.807, 2.05) is 30.3 Å². The van der Waals surface area contributed by atoms with Crippen LogP contribution in [-0.4, -0.2) is 16.1 Å². The van der Waals surface area contributed by atoms with Crippen molar-refractivity contribution in [1.82, 2.24) is 10.2 Å². The van der Waals surface area contributed by atoms with Crippen LogP contribution in [0.2, 0.25) is 10.0 Å². The third kappa shape index (κ3) is 3.27. The highest BCUT2D eigenvalue weighted by Gasteiger charge is 2.16. The van der Waals surface area contributed by atoms with Gasteiger partial charge in [-0.2, -0.15) is 0 Å². The van der Waals surface area contributed by atoms with Crippen molar-refractivity contribution >= 4 is 34.8 Å². The number of aromatic nitrogens is 2. The normalized spacial score (nSPS) is 10.5. The summed E-state index contributed by atoms with van der Waals surface area (Å²) in [5.41, 5.74) is 1.18. The Bertz CT molecular complexity index is 798. The fraction of sp³-hybridized carbons (Fsp3) is 0. The standard InChI is InChI=1S/C15H9Cl2N3O2/c16-10-6-11(17)8-12(7-10)18-13(21)15-20-19-14(22-15)9-4-2-1-3-5-9/h1-8H,(H,18,21). The molecule has 22 heavy (non-hydrogen) atoms. The molecule has 0 radical (unpaired) electrons. The summed E-state index contributed by atoms with van der Waals surface area (Å²) in [6.07, 6.45) is 0. The van der Waals surface area contributed by atoms with Crippen LogP contribution in [0.1, 0.15) is 10.7 Å². The van der Waals surface area contributed by atoms with E-state index in [0.717, 1.165) is 5.56 Å². The quantitative estimate of drug-likeness (QED) is 0.776. The van der Waals surface area contributed by atoms with Crippen molar-refractivity contribution < 1.29 is 9.21 Å². The second-order valence-electron chi connectivity index (χ2n) is 4.39. The molecule has 3 rings (SSSR count). The molecule has 5 nitrogen and oxygen atoms in total. The molecule has 0 spiro atoms. The van der Waals surface area contributed by atoms with Crippen molar-refractivity contribution in [3.63, 3.8) is 0 Å². The highest BCUT2D eigenvalue weighted by molar-refractivity contribution is 6.35. The number of benzene rings is 2. The number of anilines is 1. The molecule has 2 aromatic carbocycles. The third-order valence-corrected chi connectivity index (χ3v) is 3.20. The lowest BCUT2D eigenvalue weighted by molar-refractivity contribution is 0.0991. The van der Waals surface area contributed by atoms with E-state index < -0.39 is 5.91 Å². The van der Waals surface area contributed by atoms with Gasteiger partial charge in [-0.3, -0.25) is 4.79 Å². The molecule has 0 saturated heterocycles. The summed E-state index contributed by atoms with van der Waals surface area (Å²) in [5, 5.41) is 11.0. The van der Waals surface area contributed by atoms with Gasteiger partial charge in [-0.05, 0) is 30.3 Å². The average molecular weight is 334 g/mol. The van der Waals surface area contributed by atoms with Gasteiger partial charge in [0.15, 0.2) is 0 Å². The number of carbonyl (C=O) groups is 1. The van der Waals surface area contributed by atoms with E-state index in [4.69, 9.17) is 27.6 Å². The number of nitrogens with one attached hydrogen (secondary N) is 1. The van der Waals surface area contributed by atoms with Gasteiger partial charge in [-0.15, -0.1) is 10.2 Å². The average Bonchev–Trinajstić information content (AvgIpc) is 2.97. The van der Waals surface area contributed by atoms with Crippen molar-refractivity contribution in [3.8, 4) is 11.5 Å². The van der Waals surface area contributed by atoms with Gasteiger partial charge in [0, 0.05) is 21.3 Å². The third-order valence-electron chi connectivity index (χ3n) is 2.76. The highest BCUT2D eigenvalue weighted by atomic mass is 35.5. The van der Waals surface area contributed by atoms with E-state index in [9.17, 15) is 4.79 Å². The van der Waals surface area contributed by atoms with Gasteiger partial charge in [0.1, 0.15) is 0 Å². The van der Waals surface area contributed by atoms with Crippen molar-refractivity contribution in [3.05, 3.63) is 64.5 Å². The summed E-state index contributed by atoms with van der Waals surface area (Å²) in [6, 6.07) is 13.9. The molecule has 110 valence electrons. The van der Waals surface area contributed by atoms with Crippen LogP contribution in [0.3, 0.4) is 0 Å². The first kappa shape index (κ1) is 14.6. The summed E-state index contributed by atoms with van der Waals surface area (Å²) in [4.78, 5) is 12.1. The van der Waals surface area contributed by atoms with Crippen LogP contribution in [0, 0.1) is 0 Å². The first-order chi connectivity index (χ1) is 10.6. The van der Waals surface area contributed by atoms with Gasteiger partial charge >= 0.3 is 11.8 Å². The van der Waals surface area contributed by atoms with E-state index in [-0.39, 0.29) is 11.8 Å². The largest absolute Gasteiger partial charge is 0.412 e. The van der Waals surface area contributed by atoms with Gasteiger partial charge in [-0.25, -0.2) is 0 Å². The molecule has 1 heterocycles. The zero-order chi connectivity index (χ0) is 15.5. The molecule has 7 heteroatoms. The summed E-state index contributed by atoms with van der Waals surface area (Å²) in [5.74, 6) is -0.405. The van der Waals surface area contributed by atoms with Gasteiger partial charge in [0.2, 0.25) is 5.89 Å². The number of hydrogen-bond donors (Lipinski definition) is 1. The summed E-state index contributed by atoms with van der Waals surface area (Å²) < 4.78 is 5.36. The molecular formula is C15H9Cl2N3O2. The van der Waals surface area contributed by atoms with Crippen molar-refractivity contribution in [2.75, 3.05) is 5.32 Å². The predicted octanol–water partition coefficient (Wildman–Crippen LogP) is 4.30. The van der Waals surface area contributed by atoms with E-state index in [1.54, 1.807) is 18.2 Å². The Kier molecular flexibility index (Phi) is 4.09. The van der Waals surface area contributed by atoms with Crippen LogP contribution in [-0.2, 0) is 0 Å². The molecule has 0 bridgehead atoms. The summed E-state index contributed by atoms with van der Waals surface area (Å²) in [6.45, 7) is 0. The Morgan fingerprint density at radius 2 is 1.68 bits per heavy atom. The maximum Gasteiger partial charge on any atom is 0.313 e. The molecule has 0 saturated carbocycles. The number of halogens is 2. The van der Waals surface area contributed by atoms with Crippen molar-refractivity contribution in [2.24, 2.45) is 0 Å². The summed E-state index contributed by atoms with van der Waals surface area (Å²) in [7, 11) is 0. The van der Waals surface area contributed by atoms with Crippen LogP contribution in [0.4, 0.5) is 5.69 Å². The molecule has 0 fully saturated rings. The van der Waals surface area contributed by atoms with E-state index in [0.29, 0.717) is 15.7 Å². The van der Waals surface area contributed by atoms with Crippen molar-refractivity contribution in [1.29, 1.82) is 0 Å². The fourth-order valence-corrected chi connectivity index (χ4v) is 2.35. The first-order valence-electron chi connectivity index (χ1n) is 6.28. The molecule has 1 amide bonds. The molecule has 1 N–H and O–H groups in total. The maximum absolute atomic E-state index is 12.1. The molecule has 0 aliphatic heterocycles. The number of nitrogens with zero attached hydrogens (tertiary/aromatic N) is 2. The van der Waals surface area contributed by atoms with Crippen molar-refractivity contribution in [2.45, 2.75) is 0 Å². The second-order valence-corrected chi connectivity index (χ2v) is 5.26. The summed E-state index contributed by atoms with van der Waals surface area (Å²) >= 11 is 11.8. The number of carbonyl (C=O) groups excluding carboxylic acids is 1. The van der Waals surface area contributed by atoms with E-state index in [1.165, 1.54) is 0 Å². The van der Waals surface area contributed by atoms with Gasteiger partial charge in [0.25, 0.3) is 0 Å². The number of amides is 1. The Morgan fingerprint density at radius 3 is 2.36 bits per heavy atom. The van der Waals surface area contributed by atoms with Crippen LogP contribution in [0.5, 0.6) is 0 Å². The lowest BCUT2D eigenvalue weighted by Gasteiger charge is -2.03. The number of hydrogen-bond acceptors (Lipinski definition) is 4. The SMILES string of the molecule is O=C(Nc1cc(Cl)cc(Cl)c1)c1nnc(-c2ccccc2)o1. The van der Waals surface area contributed by atoms with Crippen LogP contribution in [0.25, 0.3) is 11.5 Å². The lowest BCUT2D eigenvalue weighted by Crippen LogP contribution is -2.12. The Hall–Kier alpha value is -2.37. The monoisotopic (exact) mass is 333 g/mol. The van der Waals surface area contributed by atoms with E-state index >= 15 is 0 Å². The molecule has 0 unspecified atom stereocenters. The Labute approximate surface area is 135 Å². The van der Waals surface area contributed by atoms with Gasteiger partial charge in [0.05, 0.1) is 0 Å².